The molecule has 0 spiro atoms. The van der Waals surface area contributed by atoms with Crippen LogP contribution >= 0.6 is 0 Å². The Morgan fingerprint density at radius 3 is 2.83 bits per heavy atom. The molecule has 0 saturated carbocycles. The lowest BCUT2D eigenvalue weighted by molar-refractivity contribution is 0.0950. The van der Waals surface area contributed by atoms with Gasteiger partial charge in [-0.05, 0) is 55.5 Å². The first kappa shape index (κ1) is 14.9. The maximum absolute atomic E-state index is 13.6. The van der Waals surface area contributed by atoms with Crippen LogP contribution in [0.3, 0.4) is 0 Å². The van der Waals surface area contributed by atoms with Gasteiger partial charge in [-0.1, -0.05) is 18.2 Å². The van der Waals surface area contributed by atoms with Gasteiger partial charge >= 0.3 is 0 Å². The number of carbonyl (C=O) groups is 1. The molecule has 0 aliphatic heterocycles. The molecule has 0 unspecified atom stereocenters. The lowest BCUT2D eigenvalue weighted by Gasteiger charge is -2.10. The monoisotopic (exact) mass is 322 g/mol. The molecule has 1 aromatic heterocycles. The molecule has 2 aromatic carbocycles. The SMILES string of the molecule is O=C(NCc1ccccc1F)c1ccc2[nH]c3c(c2c1)CCCC3. The summed E-state index contributed by atoms with van der Waals surface area (Å²) >= 11 is 0. The van der Waals surface area contributed by atoms with Crippen LogP contribution in [0.4, 0.5) is 4.39 Å². The predicted octanol–water partition coefficient (Wildman–Crippen LogP) is 4.12. The highest BCUT2D eigenvalue weighted by Crippen LogP contribution is 2.29. The van der Waals surface area contributed by atoms with Crippen molar-refractivity contribution in [3.63, 3.8) is 0 Å². The van der Waals surface area contributed by atoms with Gasteiger partial charge in [-0.25, -0.2) is 4.39 Å². The van der Waals surface area contributed by atoms with E-state index in [-0.39, 0.29) is 18.3 Å². The third-order valence-electron chi connectivity index (χ3n) is 4.76. The summed E-state index contributed by atoms with van der Waals surface area (Å²) < 4.78 is 13.6. The second-order valence-corrected chi connectivity index (χ2v) is 6.32. The highest BCUT2D eigenvalue weighted by atomic mass is 19.1. The van der Waals surface area contributed by atoms with Crippen LogP contribution < -0.4 is 5.32 Å². The van der Waals surface area contributed by atoms with Crippen LogP contribution in [0, 0.1) is 5.82 Å². The molecule has 4 heteroatoms. The van der Waals surface area contributed by atoms with E-state index in [0.717, 1.165) is 23.7 Å². The van der Waals surface area contributed by atoms with Crippen molar-refractivity contribution in [3.05, 3.63) is 70.7 Å². The van der Waals surface area contributed by atoms with Gasteiger partial charge in [0.2, 0.25) is 0 Å². The number of hydrogen-bond donors (Lipinski definition) is 2. The number of nitrogens with one attached hydrogen (secondary N) is 2. The summed E-state index contributed by atoms with van der Waals surface area (Å²) in [7, 11) is 0. The fourth-order valence-electron chi connectivity index (χ4n) is 3.47. The quantitative estimate of drug-likeness (QED) is 0.749. The zero-order valence-electron chi connectivity index (χ0n) is 13.4. The van der Waals surface area contributed by atoms with Gasteiger partial charge in [-0.15, -0.1) is 0 Å². The van der Waals surface area contributed by atoms with Gasteiger partial charge < -0.3 is 10.3 Å². The first-order valence-electron chi connectivity index (χ1n) is 8.37. The van der Waals surface area contributed by atoms with E-state index in [2.05, 4.69) is 10.3 Å². The fraction of sp³-hybridized carbons (Fsp3) is 0.250. The van der Waals surface area contributed by atoms with E-state index >= 15 is 0 Å². The molecule has 1 aliphatic rings. The number of benzene rings is 2. The number of aromatic amines is 1. The van der Waals surface area contributed by atoms with Gasteiger partial charge in [-0.3, -0.25) is 4.79 Å². The van der Waals surface area contributed by atoms with Crippen molar-refractivity contribution in [1.82, 2.24) is 10.3 Å². The van der Waals surface area contributed by atoms with Gasteiger partial charge in [0.1, 0.15) is 5.82 Å². The van der Waals surface area contributed by atoms with Crippen LogP contribution in [-0.2, 0) is 19.4 Å². The van der Waals surface area contributed by atoms with Crippen molar-refractivity contribution < 1.29 is 9.18 Å². The molecule has 0 atom stereocenters. The first-order valence-corrected chi connectivity index (χ1v) is 8.37. The number of carbonyl (C=O) groups excluding carboxylic acids is 1. The van der Waals surface area contributed by atoms with Crippen molar-refractivity contribution in [2.24, 2.45) is 0 Å². The third-order valence-corrected chi connectivity index (χ3v) is 4.76. The molecule has 3 aromatic rings. The Bertz CT molecular complexity index is 913. The highest BCUT2D eigenvalue weighted by molar-refractivity contribution is 5.99. The zero-order chi connectivity index (χ0) is 16.5. The Morgan fingerprint density at radius 1 is 1.12 bits per heavy atom. The number of fused-ring (bicyclic) bond motifs is 3. The van der Waals surface area contributed by atoms with Crippen molar-refractivity contribution in [3.8, 4) is 0 Å². The second kappa shape index (κ2) is 6.11. The highest BCUT2D eigenvalue weighted by Gasteiger charge is 2.16. The van der Waals surface area contributed by atoms with E-state index in [1.165, 1.54) is 30.2 Å². The number of aromatic nitrogens is 1. The smallest absolute Gasteiger partial charge is 0.251 e. The molecule has 1 amide bonds. The minimum Gasteiger partial charge on any atom is -0.358 e. The number of aryl methyl sites for hydroxylation is 2. The molecule has 1 heterocycles. The summed E-state index contributed by atoms with van der Waals surface area (Å²) in [6, 6.07) is 12.2. The van der Waals surface area contributed by atoms with Crippen LogP contribution in [0.1, 0.15) is 40.0 Å². The largest absolute Gasteiger partial charge is 0.358 e. The Hall–Kier alpha value is -2.62. The maximum atomic E-state index is 13.6. The van der Waals surface area contributed by atoms with Crippen LogP contribution in [-0.4, -0.2) is 10.9 Å². The van der Waals surface area contributed by atoms with E-state index in [9.17, 15) is 9.18 Å². The number of amides is 1. The normalized spacial score (nSPS) is 13.7. The predicted molar refractivity (Wildman–Crippen MR) is 92.5 cm³/mol. The fourth-order valence-corrected chi connectivity index (χ4v) is 3.47. The zero-order valence-corrected chi connectivity index (χ0v) is 13.4. The van der Waals surface area contributed by atoms with E-state index in [1.807, 2.05) is 18.2 Å². The summed E-state index contributed by atoms with van der Waals surface area (Å²) in [6.45, 7) is 0.189. The molecule has 1 aliphatic carbocycles. The van der Waals surface area contributed by atoms with Gasteiger partial charge in [0.15, 0.2) is 0 Å². The van der Waals surface area contributed by atoms with Crippen LogP contribution in [0.2, 0.25) is 0 Å². The van der Waals surface area contributed by atoms with Gasteiger partial charge in [0.05, 0.1) is 0 Å². The molecule has 0 bridgehead atoms. The van der Waals surface area contributed by atoms with Crippen LogP contribution in [0.5, 0.6) is 0 Å². The van der Waals surface area contributed by atoms with Crippen molar-refractivity contribution in [2.75, 3.05) is 0 Å². The van der Waals surface area contributed by atoms with E-state index < -0.39 is 0 Å². The molecule has 2 N–H and O–H groups in total. The lowest BCUT2D eigenvalue weighted by Crippen LogP contribution is -2.23. The molecular formula is C20H19FN2O. The minimum absolute atomic E-state index is 0.175. The first-order chi connectivity index (χ1) is 11.7. The molecule has 4 rings (SSSR count). The molecule has 0 radical (unpaired) electrons. The molecular weight excluding hydrogens is 303 g/mol. The summed E-state index contributed by atoms with van der Waals surface area (Å²) in [5.74, 6) is -0.473. The average molecular weight is 322 g/mol. The molecule has 24 heavy (non-hydrogen) atoms. The van der Waals surface area contributed by atoms with Crippen molar-refractivity contribution >= 4 is 16.8 Å². The Labute approximate surface area is 139 Å². The molecule has 0 saturated heterocycles. The summed E-state index contributed by atoms with van der Waals surface area (Å²) in [5.41, 5.74) is 4.85. The Kier molecular flexibility index (Phi) is 3.81. The molecule has 122 valence electrons. The third kappa shape index (κ3) is 2.68. The Morgan fingerprint density at radius 2 is 1.96 bits per heavy atom. The van der Waals surface area contributed by atoms with Crippen molar-refractivity contribution in [1.29, 1.82) is 0 Å². The summed E-state index contributed by atoms with van der Waals surface area (Å²) in [5, 5.41) is 3.95. The van der Waals surface area contributed by atoms with Gasteiger partial charge in [0, 0.05) is 34.3 Å². The van der Waals surface area contributed by atoms with E-state index in [1.54, 1.807) is 18.2 Å². The van der Waals surface area contributed by atoms with Crippen molar-refractivity contribution in [2.45, 2.75) is 32.2 Å². The van der Waals surface area contributed by atoms with Gasteiger partial charge in [-0.2, -0.15) is 0 Å². The maximum Gasteiger partial charge on any atom is 0.251 e. The van der Waals surface area contributed by atoms with Crippen LogP contribution in [0.15, 0.2) is 42.5 Å². The number of hydrogen-bond acceptors (Lipinski definition) is 1. The minimum atomic E-state index is -0.298. The average Bonchev–Trinajstić information content (AvgIpc) is 2.98. The number of halogens is 1. The van der Waals surface area contributed by atoms with Crippen LogP contribution in [0.25, 0.3) is 10.9 Å². The second-order valence-electron chi connectivity index (χ2n) is 6.32. The lowest BCUT2D eigenvalue weighted by atomic mass is 9.95. The number of rotatable bonds is 3. The van der Waals surface area contributed by atoms with Gasteiger partial charge in [0.25, 0.3) is 5.91 Å². The van der Waals surface area contributed by atoms with E-state index in [4.69, 9.17) is 0 Å². The summed E-state index contributed by atoms with van der Waals surface area (Å²) in [4.78, 5) is 15.9. The Balaban J connectivity index is 1.57. The van der Waals surface area contributed by atoms with E-state index in [0.29, 0.717) is 11.1 Å². The molecule has 3 nitrogen and oxygen atoms in total. The number of H-pyrrole nitrogens is 1. The molecule has 0 fully saturated rings. The summed E-state index contributed by atoms with van der Waals surface area (Å²) in [6.07, 6.45) is 4.56. The topological polar surface area (TPSA) is 44.9 Å². The standard InChI is InChI=1S/C20H19FN2O/c21-17-7-3-1-5-14(17)12-22-20(24)13-9-10-19-16(11-13)15-6-2-4-8-18(15)23-19/h1,3,5,7,9-11,23H,2,4,6,8,12H2,(H,22,24).